The van der Waals surface area contributed by atoms with E-state index in [-0.39, 0.29) is 12.8 Å². The van der Waals surface area contributed by atoms with Crippen molar-refractivity contribution in [2.24, 2.45) is 5.16 Å². The molecule has 1 heterocycles. The van der Waals surface area contributed by atoms with Crippen LogP contribution in [0.1, 0.15) is 25.8 Å². The Balaban J connectivity index is 2.23. The van der Waals surface area contributed by atoms with E-state index in [1.54, 1.807) is 26.0 Å². The summed E-state index contributed by atoms with van der Waals surface area (Å²) in [5, 5.41) is 4.55. The maximum atomic E-state index is 11.8. The first-order valence-corrected chi connectivity index (χ1v) is 6.35. The molecule has 2 rings (SSSR count). The number of para-hydroxylation sites is 1. The molecule has 0 aliphatic heterocycles. The van der Waals surface area contributed by atoms with Crippen molar-refractivity contribution in [1.82, 2.24) is 0 Å². The third-order valence-electron chi connectivity index (χ3n) is 2.75. The summed E-state index contributed by atoms with van der Waals surface area (Å²) in [5.41, 5.74) is 1.17. The van der Waals surface area contributed by atoms with Gasteiger partial charge in [-0.3, -0.25) is 0 Å². The van der Waals surface area contributed by atoms with Gasteiger partial charge in [0.15, 0.2) is 0 Å². The Morgan fingerprint density at radius 1 is 1.35 bits per heavy atom. The average molecular weight is 273 g/mol. The van der Waals surface area contributed by atoms with Crippen LogP contribution in [-0.2, 0) is 16.1 Å². The molecule has 104 valence electrons. The number of oxime groups is 1. The minimum atomic E-state index is -0.408. The Kier molecular flexibility index (Phi) is 4.30. The van der Waals surface area contributed by atoms with Crippen LogP contribution in [0.25, 0.3) is 11.0 Å². The lowest BCUT2D eigenvalue weighted by atomic mass is 10.1. The van der Waals surface area contributed by atoms with Crippen LogP contribution >= 0.6 is 0 Å². The molecule has 0 fully saturated rings. The molecule has 20 heavy (non-hydrogen) atoms. The third-order valence-corrected chi connectivity index (χ3v) is 2.75. The van der Waals surface area contributed by atoms with Gasteiger partial charge in [0, 0.05) is 23.8 Å². The van der Waals surface area contributed by atoms with Gasteiger partial charge in [-0.05, 0) is 19.1 Å². The number of hydrogen-bond acceptors (Lipinski definition) is 5. The van der Waals surface area contributed by atoms with Crippen molar-refractivity contribution in [3.05, 3.63) is 46.3 Å². The molecule has 0 spiro atoms. The predicted octanol–water partition coefficient (Wildman–Crippen LogP) is 2.66. The first-order valence-electron chi connectivity index (χ1n) is 6.35. The van der Waals surface area contributed by atoms with E-state index < -0.39 is 11.6 Å². The molecule has 0 saturated heterocycles. The molecule has 0 radical (unpaired) electrons. The van der Waals surface area contributed by atoms with E-state index in [1.165, 1.54) is 0 Å². The van der Waals surface area contributed by atoms with E-state index in [2.05, 4.69) is 9.99 Å². The van der Waals surface area contributed by atoms with Crippen molar-refractivity contribution in [3.63, 3.8) is 0 Å². The number of carbonyl (C=O) groups excluding carboxylic acids is 1. The summed E-state index contributed by atoms with van der Waals surface area (Å²) in [6.45, 7) is 3.38. The number of rotatable bonds is 4. The highest BCUT2D eigenvalue weighted by Crippen LogP contribution is 2.13. The van der Waals surface area contributed by atoms with Gasteiger partial charge in [0.25, 0.3) is 0 Å². The molecule has 0 saturated carbocycles. The maximum absolute atomic E-state index is 11.8. The van der Waals surface area contributed by atoms with Crippen molar-refractivity contribution in [2.75, 3.05) is 0 Å². The molecule has 0 atom stereocenters. The smallest absolute Gasteiger partial charge is 0.339 e. The van der Waals surface area contributed by atoms with Crippen molar-refractivity contribution in [3.8, 4) is 0 Å². The summed E-state index contributed by atoms with van der Waals surface area (Å²) in [6.07, 6.45) is 0.541. The summed E-state index contributed by atoms with van der Waals surface area (Å²) in [6, 6.07) is 9.05. The molecule has 0 unspecified atom stereocenters. The Morgan fingerprint density at radius 3 is 2.85 bits per heavy atom. The van der Waals surface area contributed by atoms with Gasteiger partial charge in [0.2, 0.25) is 0 Å². The summed E-state index contributed by atoms with van der Waals surface area (Å²) in [7, 11) is 0. The van der Waals surface area contributed by atoms with E-state index in [9.17, 15) is 9.59 Å². The van der Waals surface area contributed by atoms with Crippen molar-refractivity contribution in [1.29, 1.82) is 0 Å². The second-order valence-corrected chi connectivity index (χ2v) is 4.42. The SMILES string of the molecule is CCC(=O)O/N=C(/C)Cc1cc2ccccc2oc1=O. The second kappa shape index (κ2) is 6.14. The Hall–Kier alpha value is -2.43. The highest BCUT2D eigenvalue weighted by atomic mass is 16.7. The quantitative estimate of drug-likeness (QED) is 0.371. The number of carbonyl (C=O) groups is 1. The van der Waals surface area contributed by atoms with Crippen LogP contribution in [0.2, 0.25) is 0 Å². The monoisotopic (exact) mass is 273 g/mol. The summed E-state index contributed by atoms with van der Waals surface area (Å²) in [4.78, 5) is 27.5. The van der Waals surface area contributed by atoms with Crippen LogP contribution < -0.4 is 5.63 Å². The molecule has 5 nitrogen and oxygen atoms in total. The Morgan fingerprint density at radius 2 is 2.10 bits per heavy atom. The van der Waals surface area contributed by atoms with Gasteiger partial charge in [-0.15, -0.1) is 0 Å². The highest BCUT2D eigenvalue weighted by Gasteiger charge is 2.07. The number of benzene rings is 1. The van der Waals surface area contributed by atoms with Crippen LogP contribution in [0.5, 0.6) is 0 Å². The molecule has 0 bridgehead atoms. The summed E-state index contributed by atoms with van der Waals surface area (Å²) >= 11 is 0. The predicted molar refractivity (Wildman–Crippen MR) is 75.7 cm³/mol. The number of nitrogens with zero attached hydrogens (tertiary/aromatic N) is 1. The van der Waals surface area contributed by atoms with Crippen molar-refractivity contribution < 1.29 is 14.0 Å². The lowest BCUT2D eigenvalue weighted by Crippen LogP contribution is -2.12. The van der Waals surface area contributed by atoms with Gasteiger partial charge in [-0.2, -0.15) is 0 Å². The zero-order valence-corrected chi connectivity index (χ0v) is 11.4. The molecule has 0 aliphatic carbocycles. The third kappa shape index (κ3) is 3.32. The fourth-order valence-electron chi connectivity index (χ4n) is 1.73. The van der Waals surface area contributed by atoms with Crippen LogP contribution in [-0.4, -0.2) is 11.7 Å². The lowest BCUT2D eigenvalue weighted by Gasteiger charge is -2.02. The molecule has 0 N–H and O–H groups in total. The van der Waals surface area contributed by atoms with Crippen molar-refractivity contribution >= 4 is 22.7 Å². The minimum Gasteiger partial charge on any atom is -0.423 e. The fraction of sp³-hybridized carbons (Fsp3) is 0.267. The Labute approximate surface area is 115 Å². The minimum absolute atomic E-state index is 0.259. The van der Waals surface area contributed by atoms with Gasteiger partial charge >= 0.3 is 11.6 Å². The van der Waals surface area contributed by atoms with E-state index in [0.29, 0.717) is 16.9 Å². The van der Waals surface area contributed by atoms with E-state index in [0.717, 1.165) is 5.39 Å². The van der Waals surface area contributed by atoms with E-state index in [1.807, 2.05) is 18.2 Å². The second-order valence-electron chi connectivity index (χ2n) is 4.42. The first kappa shape index (κ1) is 14.0. The van der Waals surface area contributed by atoms with Gasteiger partial charge < -0.3 is 9.25 Å². The molecule has 0 aliphatic rings. The largest absolute Gasteiger partial charge is 0.423 e. The fourth-order valence-corrected chi connectivity index (χ4v) is 1.73. The normalized spacial score (nSPS) is 11.6. The molecule has 1 aromatic heterocycles. The van der Waals surface area contributed by atoms with E-state index >= 15 is 0 Å². The lowest BCUT2D eigenvalue weighted by molar-refractivity contribution is -0.143. The summed E-state index contributed by atoms with van der Waals surface area (Å²) in [5.74, 6) is -0.408. The molecule has 0 amide bonds. The van der Waals surface area contributed by atoms with Gasteiger partial charge in [0.05, 0.1) is 5.71 Å². The number of fused-ring (bicyclic) bond motifs is 1. The Bertz CT molecular complexity index is 715. The summed E-state index contributed by atoms with van der Waals surface area (Å²) < 4.78 is 5.22. The zero-order chi connectivity index (χ0) is 14.5. The maximum Gasteiger partial charge on any atom is 0.339 e. The number of hydrogen-bond donors (Lipinski definition) is 0. The molecule has 5 heteroatoms. The molecule has 2 aromatic rings. The van der Waals surface area contributed by atoms with E-state index in [4.69, 9.17) is 4.42 Å². The van der Waals surface area contributed by atoms with Gasteiger partial charge in [-0.25, -0.2) is 9.59 Å². The van der Waals surface area contributed by atoms with Crippen LogP contribution in [0.3, 0.4) is 0 Å². The van der Waals surface area contributed by atoms with Gasteiger partial charge in [0.1, 0.15) is 5.58 Å². The van der Waals surface area contributed by atoms with Crippen LogP contribution in [0.4, 0.5) is 0 Å². The molecule has 1 aromatic carbocycles. The molecular formula is C15H15NO4. The topological polar surface area (TPSA) is 68.9 Å². The first-order chi connectivity index (χ1) is 9.60. The molecular weight excluding hydrogens is 258 g/mol. The van der Waals surface area contributed by atoms with Gasteiger partial charge in [-0.1, -0.05) is 30.3 Å². The zero-order valence-electron chi connectivity index (χ0n) is 11.4. The van der Waals surface area contributed by atoms with Crippen LogP contribution in [0.15, 0.2) is 44.7 Å². The van der Waals surface area contributed by atoms with Crippen LogP contribution in [0, 0.1) is 0 Å². The standard InChI is InChI=1S/C15H15NO4/c1-3-14(17)20-16-10(2)8-12-9-11-6-4-5-7-13(11)19-15(12)18/h4-7,9H,3,8H2,1-2H3/b16-10-. The van der Waals surface area contributed by atoms with Crippen molar-refractivity contribution in [2.45, 2.75) is 26.7 Å². The average Bonchev–Trinajstić information content (AvgIpc) is 2.45. The highest BCUT2D eigenvalue weighted by molar-refractivity contribution is 5.85.